The molecular formula is C28H27FO3. The first-order chi connectivity index (χ1) is 15.4. The van der Waals surface area contributed by atoms with Crippen LogP contribution in [0, 0.1) is 19.7 Å². The van der Waals surface area contributed by atoms with Gasteiger partial charge in [-0.2, -0.15) is 0 Å². The molecular weight excluding hydrogens is 403 g/mol. The van der Waals surface area contributed by atoms with Crippen molar-refractivity contribution in [1.29, 1.82) is 0 Å². The van der Waals surface area contributed by atoms with E-state index >= 15 is 0 Å². The van der Waals surface area contributed by atoms with E-state index in [0.717, 1.165) is 24.0 Å². The maximum Gasteiger partial charge on any atom is 0.317 e. The molecule has 0 unspecified atom stereocenters. The number of aryl methyl sites for hydroxylation is 2. The molecule has 0 spiro atoms. The van der Waals surface area contributed by atoms with E-state index < -0.39 is 17.5 Å². The lowest BCUT2D eigenvalue weighted by molar-refractivity contribution is -0.154. The highest BCUT2D eigenvalue weighted by Gasteiger charge is 2.46. The van der Waals surface area contributed by atoms with Gasteiger partial charge in [-0.15, -0.1) is 0 Å². The van der Waals surface area contributed by atoms with E-state index in [0.29, 0.717) is 29.5 Å². The average Bonchev–Trinajstić information content (AvgIpc) is 3.30. The van der Waals surface area contributed by atoms with Crippen LogP contribution in [0.1, 0.15) is 64.4 Å². The molecule has 1 aliphatic carbocycles. The smallest absolute Gasteiger partial charge is 0.317 e. The Bertz CT molecular complexity index is 1110. The summed E-state index contributed by atoms with van der Waals surface area (Å²) in [6.45, 7) is 3.92. The fraction of sp³-hybridized carbons (Fsp3) is 0.286. The molecule has 0 radical (unpaired) electrons. The highest BCUT2D eigenvalue weighted by molar-refractivity contribution is 6.01. The molecule has 0 heterocycles. The number of Topliss-reactive ketones (excluding diaryl/α,β-unsaturated/α-hetero) is 1. The molecule has 0 aromatic heterocycles. The number of ketones is 1. The van der Waals surface area contributed by atoms with E-state index in [1.165, 1.54) is 12.1 Å². The van der Waals surface area contributed by atoms with Gasteiger partial charge in [-0.3, -0.25) is 9.59 Å². The van der Waals surface area contributed by atoms with Gasteiger partial charge in [0.25, 0.3) is 0 Å². The van der Waals surface area contributed by atoms with Crippen LogP contribution < -0.4 is 0 Å². The molecule has 0 saturated heterocycles. The molecule has 3 aromatic carbocycles. The van der Waals surface area contributed by atoms with Gasteiger partial charge in [-0.25, -0.2) is 4.39 Å². The van der Waals surface area contributed by atoms with Gasteiger partial charge in [0, 0.05) is 11.1 Å². The molecule has 32 heavy (non-hydrogen) atoms. The predicted octanol–water partition coefficient (Wildman–Crippen LogP) is 6.42. The number of carbonyl (C=O) groups is 2. The number of ether oxygens (including phenoxy) is 1. The summed E-state index contributed by atoms with van der Waals surface area (Å²) in [5.41, 5.74) is 2.89. The fourth-order valence-electron chi connectivity index (χ4n) is 4.48. The molecule has 3 aromatic rings. The number of benzene rings is 3. The second-order valence-electron chi connectivity index (χ2n) is 8.73. The van der Waals surface area contributed by atoms with Crippen LogP contribution in [0.3, 0.4) is 0 Å². The number of hydrogen-bond acceptors (Lipinski definition) is 3. The number of hydrogen-bond donors (Lipinski definition) is 0. The highest BCUT2D eigenvalue weighted by atomic mass is 19.1. The Morgan fingerprint density at radius 1 is 0.875 bits per heavy atom. The summed E-state index contributed by atoms with van der Waals surface area (Å²) in [5, 5.41) is 0. The largest absolute Gasteiger partial charge is 0.448 e. The van der Waals surface area contributed by atoms with Gasteiger partial charge in [-0.05, 0) is 44.4 Å². The Morgan fingerprint density at radius 3 is 2.06 bits per heavy atom. The average molecular weight is 431 g/mol. The van der Waals surface area contributed by atoms with Crippen molar-refractivity contribution < 1.29 is 18.7 Å². The number of halogens is 1. The maximum atomic E-state index is 14.0. The molecule has 4 rings (SSSR count). The maximum absolute atomic E-state index is 14.0. The highest BCUT2D eigenvalue weighted by Crippen LogP contribution is 2.43. The Kier molecular flexibility index (Phi) is 6.22. The molecule has 1 saturated carbocycles. The van der Waals surface area contributed by atoms with E-state index in [1.54, 1.807) is 24.3 Å². The van der Waals surface area contributed by atoms with Gasteiger partial charge in [0.1, 0.15) is 5.82 Å². The molecule has 1 atom stereocenters. The summed E-state index contributed by atoms with van der Waals surface area (Å²) in [5.74, 6) is -1.12. The summed E-state index contributed by atoms with van der Waals surface area (Å²) in [6, 6.07) is 20.9. The molecule has 0 bridgehead atoms. The first-order valence-corrected chi connectivity index (χ1v) is 11.0. The minimum absolute atomic E-state index is 0.269. The summed E-state index contributed by atoms with van der Waals surface area (Å²) < 4.78 is 20.0. The normalized spacial score (nSPS) is 15.8. The number of esters is 1. The van der Waals surface area contributed by atoms with Crippen molar-refractivity contribution in [3.8, 4) is 0 Å². The van der Waals surface area contributed by atoms with Crippen LogP contribution >= 0.6 is 0 Å². The summed E-state index contributed by atoms with van der Waals surface area (Å²) in [6.07, 6.45) is 1.81. The molecule has 164 valence electrons. The van der Waals surface area contributed by atoms with E-state index in [9.17, 15) is 14.0 Å². The third-order valence-corrected chi connectivity index (χ3v) is 6.40. The van der Waals surface area contributed by atoms with E-state index in [-0.39, 0.29) is 11.6 Å². The van der Waals surface area contributed by atoms with Crippen molar-refractivity contribution in [2.45, 2.75) is 51.0 Å². The van der Waals surface area contributed by atoms with Gasteiger partial charge >= 0.3 is 5.97 Å². The zero-order valence-corrected chi connectivity index (χ0v) is 18.4. The van der Waals surface area contributed by atoms with Gasteiger partial charge in [0.15, 0.2) is 6.10 Å². The van der Waals surface area contributed by atoms with Crippen molar-refractivity contribution in [3.05, 3.63) is 106 Å². The fourth-order valence-corrected chi connectivity index (χ4v) is 4.48. The lowest BCUT2D eigenvalue weighted by atomic mass is 9.78. The Labute approximate surface area is 188 Å². The molecule has 3 nitrogen and oxygen atoms in total. The van der Waals surface area contributed by atoms with Crippen LogP contribution in [0.5, 0.6) is 0 Å². The Hall–Kier alpha value is -3.27. The number of rotatable bonds is 6. The second kappa shape index (κ2) is 9.07. The first kappa shape index (κ1) is 21.9. The monoisotopic (exact) mass is 430 g/mol. The molecule has 1 fully saturated rings. The van der Waals surface area contributed by atoms with Crippen molar-refractivity contribution in [2.75, 3.05) is 0 Å². The minimum Gasteiger partial charge on any atom is -0.448 e. The van der Waals surface area contributed by atoms with E-state index in [2.05, 4.69) is 0 Å². The molecule has 0 aliphatic heterocycles. The molecule has 1 aliphatic rings. The van der Waals surface area contributed by atoms with Crippen molar-refractivity contribution in [1.82, 2.24) is 0 Å². The van der Waals surface area contributed by atoms with E-state index in [1.807, 2.05) is 50.2 Å². The Balaban J connectivity index is 1.71. The minimum atomic E-state index is -1.06. The van der Waals surface area contributed by atoms with Gasteiger partial charge in [0.05, 0.1) is 5.41 Å². The first-order valence-electron chi connectivity index (χ1n) is 11.0. The van der Waals surface area contributed by atoms with Gasteiger partial charge < -0.3 is 4.74 Å². The van der Waals surface area contributed by atoms with Gasteiger partial charge in [0.2, 0.25) is 5.78 Å². The van der Waals surface area contributed by atoms with Crippen LogP contribution in [-0.2, 0) is 14.9 Å². The third-order valence-electron chi connectivity index (χ3n) is 6.40. The second-order valence-corrected chi connectivity index (χ2v) is 8.73. The van der Waals surface area contributed by atoms with Gasteiger partial charge in [-0.1, -0.05) is 84.6 Å². The van der Waals surface area contributed by atoms with Crippen molar-refractivity contribution in [3.63, 3.8) is 0 Å². The zero-order chi connectivity index (χ0) is 22.7. The van der Waals surface area contributed by atoms with Crippen LogP contribution in [0.2, 0.25) is 0 Å². The molecule has 4 heteroatoms. The molecule has 0 amide bonds. The van der Waals surface area contributed by atoms with Crippen LogP contribution in [0.25, 0.3) is 0 Å². The van der Waals surface area contributed by atoms with Crippen molar-refractivity contribution >= 4 is 11.8 Å². The standard InChI is InChI=1S/C28H27FO3/c1-19-8-12-21(13-9-19)25(30)26(22-14-10-20(2)11-15-22)32-27(31)28(16-3-4-17-28)23-6-5-7-24(29)18-23/h5-15,18,26H,3-4,16-17H2,1-2H3/t26-/m1/s1. The van der Waals surface area contributed by atoms with Crippen LogP contribution in [-0.4, -0.2) is 11.8 Å². The Morgan fingerprint density at radius 2 is 1.47 bits per heavy atom. The van der Waals surface area contributed by atoms with E-state index in [4.69, 9.17) is 4.74 Å². The molecule has 0 N–H and O–H groups in total. The summed E-state index contributed by atoms with van der Waals surface area (Å²) >= 11 is 0. The SMILES string of the molecule is Cc1ccc(C(=O)[C@H](OC(=O)C2(c3cccc(F)c3)CCCC2)c2ccc(C)cc2)cc1. The predicted molar refractivity (Wildman–Crippen MR) is 122 cm³/mol. The zero-order valence-electron chi connectivity index (χ0n) is 18.4. The quantitative estimate of drug-likeness (QED) is 0.335. The summed E-state index contributed by atoms with van der Waals surface area (Å²) in [4.78, 5) is 27.1. The topological polar surface area (TPSA) is 43.4 Å². The van der Waals surface area contributed by atoms with Crippen LogP contribution in [0.15, 0.2) is 72.8 Å². The lowest BCUT2D eigenvalue weighted by Gasteiger charge is -2.30. The van der Waals surface area contributed by atoms with Crippen molar-refractivity contribution in [2.24, 2.45) is 0 Å². The van der Waals surface area contributed by atoms with Crippen LogP contribution in [0.4, 0.5) is 4.39 Å². The number of carbonyl (C=O) groups excluding carboxylic acids is 2. The summed E-state index contributed by atoms with van der Waals surface area (Å²) in [7, 11) is 0. The lowest BCUT2D eigenvalue weighted by Crippen LogP contribution is -2.37. The third kappa shape index (κ3) is 4.36.